The molecule has 4 nitrogen and oxygen atoms in total. The van der Waals surface area contributed by atoms with Crippen LogP contribution in [0.25, 0.3) is 0 Å². The molecule has 2 aromatic rings. The summed E-state index contributed by atoms with van der Waals surface area (Å²) in [6.45, 7) is -2.66. The van der Waals surface area contributed by atoms with Crippen LogP contribution in [0.3, 0.4) is 0 Å². The molecular formula is C15H15F2NO3. The Morgan fingerprint density at radius 3 is 2.48 bits per heavy atom. The van der Waals surface area contributed by atoms with Gasteiger partial charge in [0.05, 0.1) is 12.8 Å². The van der Waals surface area contributed by atoms with Crippen LogP contribution in [0.5, 0.6) is 17.2 Å². The Morgan fingerprint density at radius 1 is 1.05 bits per heavy atom. The summed E-state index contributed by atoms with van der Waals surface area (Å²) >= 11 is 0. The number of anilines is 1. The molecule has 0 unspecified atom stereocenters. The molecule has 0 amide bonds. The molecule has 21 heavy (non-hydrogen) atoms. The van der Waals surface area contributed by atoms with E-state index in [1.807, 2.05) is 12.1 Å². The quantitative estimate of drug-likeness (QED) is 0.829. The minimum Gasteiger partial charge on any atom is -0.493 e. The second-order valence-electron chi connectivity index (χ2n) is 4.19. The van der Waals surface area contributed by atoms with E-state index in [0.717, 1.165) is 5.56 Å². The fourth-order valence-electron chi connectivity index (χ4n) is 1.77. The van der Waals surface area contributed by atoms with E-state index in [-0.39, 0.29) is 18.1 Å². The molecule has 0 bridgehead atoms. The lowest BCUT2D eigenvalue weighted by Gasteiger charge is -2.12. The number of alkyl halides is 2. The van der Waals surface area contributed by atoms with Crippen molar-refractivity contribution < 1.29 is 23.0 Å². The standard InChI is InChI=1S/C15H15F2NO3/c1-19-14-8-10(6-7-13(14)21-15(16)17)9-20-12-5-3-2-4-11(12)18/h2-8,15H,9,18H2,1H3. The molecule has 2 rings (SSSR count). The third-order valence-corrected chi connectivity index (χ3v) is 2.76. The lowest BCUT2D eigenvalue weighted by atomic mass is 10.2. The van der Waals surface area contributed by atoms with Crippen molar-refractivity contribution in [1.82, 2.24) is 0 Å². The van der Waals surface area contributed by atoms with Gasteiger partial charge in [-0.1, -0.05) is 18.2 Å². The smallest absolute Gasteiger partial charge is 0.387 e. The number of benzene rings is 2. The first-order valence-corrected chi connectivity index (χ1v) is 6.19. The number of nitrogens with two attached hydrogens (primary N) is 1. The molecule has 2 aromatic carbocycles. The Morgan fingerprint density at radius 2 is 1.81 bits per heavy atom. The maximum Gasteiger partial charge on any atom is 0.387 e. The molecule has 0 saturated carbocycles. The highest BCUT2D eigenvalue weighted by Gasteiger charge is 2.11. The van der Waals surface area contributed by atoms with Gasteiger partial charge in [0.2, 0.25) is 0 Å². The highest BCUT2D eigenvalue weighted by molar-refractivity contribution is 5.52. The van der Waals surface area contributed by atoms with Crippen LogP contribution in [0.2, 0.25) is 0 Å². The van der Waals surface area contributed by atoms with E-state index in [1.54, 1.807) is 24.3 Å². The molecule has 0 fully saturated rings. The van der Waals surface area contributed by atoms with Crippen LogP contribution in [0.1, 0.15) is 5.56 Å². The number of methoxy groups -OCH3 is 1. The van der Waals surface area contributed by atoms with Crippen LogP contribution >= 0.6 is 0 Å². The molecule has 0 aromatic heterocycles. The summed E-state index contributed by atoms with van der Waals surface area (Å²) in [5, 5.41) is 0. The summed E-state index contributed by atoms with van der Waals surface area (Å²) in [5.74, 6) is 0.761. The lowest BCUT2D eigenvalue weighted by molar-refractivity contribution is -0.0512. The fraction of sp³-hybridized carbons (Fsp3) is 0.200. The van der Waals surface area contributed by atoms with Crippen LogP contribution in [-0.4, -0.2) is 13.7 Å². The van der Waals surface area contributed by atoms with Crippen molar-refractivity contribution in [1.29, 1.82) is 0 Å². The molecular weight excluding hydrogens is 280 g/mol. The molecule has 0 aliphatic rings. The topological polar surface area (TPSA) is 53.7 Å². The van der Waals surface area contributed by atoms with Gasteiger partial charge >= 0.3 is 6.61 Å². The van der Waals surface area contributed by atoms with Crippen molar-refractivity contribution in [2.24, 2.45) is 0 Å². The number of halogens is 2. The highest BCUT2D eigenvalue weighted by atomic mass is 19.3. The summed E-state index contributed by atoms with van der Waals surface area (Å²) < 4.78 is 39.4. The number of rotatable bonds is 6. The van der Waals surface area contributed by atoms with Crippen LogP contribution < -0.4 is 19.9 Å². The third-order valence-electron chi connectivity index (χ3n) is 2.76. The Hall–Kier alpha value is -2.50. The summed E-state index contributed by atoms with van der Waals surface area (Å²) in [4.78, 5) is 0. The normalized spacial score (nSPS) is 10.5. The number of hydrogen-bond acceptors (Lipinski definition) is 4. The van der Waals surface area contributed by atoms with Gasteiger partial charge in [-0.25, -0.2) is 0 Å². The summed E-state index contributed by atoms with van der Waals surface area (Å²) in [6, 6.07) is 11.7. The third kappa shape index (κ3) is 3.98. The predicted octanol–water partition coefficient (Wildman–Crippen LogP) is 3.46. The predicted molar refractivity (Wildman–Crippen MR) is 74.8 cm³/mol. The van der Waals surface area contributed by atoms with Crippen LogP contribution in [0.15, 0.2) is 42.5 Å². The molecule has 0 aliphatic carbocycles. The van der Waals surface area contributed by atoms with Crippen molar-refractivity contribution in [2.75, 3.05) is 12.8 Å². The first-order chi connectivity index (χ1) is 10.1. The van der Waals surface area contributed by atoms with Gasteiger partial charge < -0.3 is 19.9 Å². The van der Waals surface area contributed by atoms with E-state index in [2.05, 4.69) is 4.74 Å². The first-order valence-electron chi connectivity index (χ1n) is 6.19. The van der Waals surface area contributed by atoms with E-state index in [1.165, 1.54) is 13.2 Å². The summed E-state index contributed by atoms with van der Waals surface area (Å²) in [5.41, 5.74) is 7.04. The number of para-hydroxylation sites is 2. The van der Waals surface area contributed by atoms with Gasteiger partial charge in [-0.15, -0.1) is 0 Å². The maximum absolute atomic E-state index is 12.2. The van der Waals surface area contributed by atoms with Gasteiger partial charge in [0.25, 0.3) is 0 Å². The monoisotopic (exact) mass is 295 g/mol. The van der Waals surface area contributed by atoms with E-state index in [4.69, 9.17) is 15.2 Å². The lowest BCUT2D eigenvalue weighted by Crippen LogP contribution is -2.04. The van der Waals surface area contributed by atoms with Crippen molar-refractivity contribution in [3.05, 3.63) is 48.0 Å². The van der Waals surface area contributed by atoms with E-state index >= 15 is 0 Å². The van der Waals surface area contributed by atoms with Gasteiger partial charge in [0.15, 0.2) is 11.5 Å². The van der Waals surface area contributed by atoms with E-state index < -0.39 is 6.61 Å². The zero-order chi connectivity index (χ0) is 15.2. The zero-order valence-corrected chi connectivity index (χ0v) is 11.4. The van der Waals surface area contributed by atoms with Gasteiger partial charge in [0.1, 0.15) is 12.4 Å². The van der Waals surface area contributed by atoms with Crippen molar-refractivity contribution in [3.8, 4) is 17.2 Å². The van der Waals surface area contributed by atoms with Gasteiger partial charge in [-0.2, -0.15) is 8.78 Å². The molecule has 0 radical (unpaired) electrons. The summed E-state index contributed by atoms with van der Waals surface area (Å²) in [6.07, 6.45) is 0. The molecule has 0 saturated heterocycles. The number of nitrogen functional groups attached to an aromatic ring is 1. The zero-order valence-electron chi connectivity index (χ0n) is 11.4. The van der Waals surface area contributed by atoms with Crippen LogP contribution in [-0.2, 0) is 6.61 Å². The SMILES string of the molecule is COc1cc(COc2ccccc2N)ccc1OC(F)F. The van der Waals surface area contributed by atoms with Crippen molar-refractivity contribution in [3.63, 3.8) is 0 Å². The van der Waals surface area contributed by atoms with Gasteiger partial charge in [-0.05, 0) is 29.8 Å². The minimum absolute atomic E-state index is 0.0181. The maximum atomic E-state index is 12.2. The molecule has 0 heterocycles. The molecule has 0 aliphatic heterocycles. The Labute approximate surface area is 121 Å². The van der Waals surface area contributed by atoms with Gasteiger partial charge in [-0.3, -0.25) is 0 Å². The highest BCUT2D eigenvalue weighted by Crippen LogP contribution is 2.30. The van der Waals surface area contributed by atoms with E-state index in [9.17, 15) is 8.78 Å². The molecule has 112 valence electrons. The van der Waals surface area contributed by atoms with Crippen molar-refractivity contribution in [2.45, 2.75) is 13.2 Å². The second kappa shape index (κ2) is 6.78. The second-order valence-corrected chi connectivity index (χ2v) is 4.19. The molecule has 0 spiro atoms. The Bertz CT molecular complexity index is 605. The average Bonchev–Trinajstić information content (AvgIpc) is 2.47. The van der Waals surface area contributed by atoms with Crippen LogP contribution in [0.4, 0.5) is 14.5 Å². The largest absolute Gasteiger partial charge is 0.493 e. The van der Waals surface area contributed by atoms with Crippen LogP contribution in [0, 0.1) is 0 Å². The number of hydrogen-bond donors (Lipinski definition) is 1. The number of ether oxygens (including phenoxy) is 3. The summed E-state index contributed by atoms with van der Waals surface area (Å²) in [7, 11) is 1.38. The van der Waals surface area contributed by atoms with E-state index in [0.29, 0.717) is 11.4 Å². The first kappa shape index (κ1) is 14.9. The van der Waals surface area contributed by atoms with Gasteiger partial charge in [0, 0.05) is 0 Å². The molecule has 0 atom stereocenters. The molecule has 6 heteroatoms. The van der Waals surface area contributed by atoms with Crippen molar-refractivity contribution >= 4 is 5.69 Å². The minimum atomic E-state index is -2.90. The fourth-order valence-corrected chi connectivity index (χ4v) is 1.77. The Kier molecular flexibility index (Phi) is 4.81. The Balaban J connectivity index is 2.09. The average molecular weight is 295 g/mol. The molecule has 2 N–H and O–H groups in total.